The largest absolute Gasteiger partial charge is 0.376 e. The van der Waals surface area contributed by atoms with E-state index in [2.05, 4.69) is 39.0 Å². The highest BCUT2D eigenvalue weighted by Gasteiger charge is 2.45. The van der Waals surface area contributed by atoms with Crippen molar-refractivity contribution in [2.75, 3.05) is 13.7 Å². The average molecular weight is 350 g/mol. The lowest BCUT2D eigenvalue weighted by molar-refractivity contribution is -0.135. The van der Waals surface area contributed by atoms with Gasteiger partial charge in [0.05, 0.1) is 6.10 Å². The Bertz CT molecular complexity index is 572. The van der Waals surface area contributed by atoms with Gasteiger partial charge in [0, 0.05) is 42.5 Å². The molecule has 0 amide bonds. The maximum absolute atomic E-state index is 12.5. The fourth-order valence-electron chi connectivity index (χ4n) is 3.58. The van der Waals surface area contributed by atoms with E-state index in [1.54, 1.807) is 7.11 Å². The number of piperidine rings is 1. The predicted octanol–water partition coefficient (Wildman–Crippen LogP) is 3.35. The Kier molecular flexibility index (Phi) is 4.29. The summed E-state index contributed by atoms with van der Waals surface area (Å²) in [4.78, 5) is 14.9. The molecule has 0 bridgehead atoms. The molecule has 0 saturated carbocycles. The van der Waals surface area contributed by atoms with Crippen molar-refractivity contribution in [3.63, 3.8) is 0 Å². The molecule has 3 rings (SSSR count). The Labute approximate surface area is 134 Å². The topological polar surface area (TPSA) is 29.5 Å². The Balaban J connectivity index is 2.01. The van der Waals surface area contributed by atoms with Crippen molar-refractivity contribution in [1.82, 2.24) is 4.90 Å². The van der Waals surface area contributed by atoms with Crippen LogP contribution >= 0.6 is 15.9 Å². The Hall–Kier alpha value is -0.970. The van der Waals surface area contributed by atoms with E-state index in [1.807, 2.05) is 25.1 Å². The first-order chi connectivity index (χ1) is 10.1. The van der Waals surface area contributed by atoms with Crippen LogP contribution in [0.15, 0.2) is 40.9 Å². The summed E-state index contributed by atoms with van der Waals surface area (Å²) in [6.07, 6.45) is 4.80. The van der Waals surface area contributed by atoms with Gasteiger partial charge >= 0.3 is 0 Å². The van der Waals surface area contributed by atoms with Crippen molar-refractivity contribution in [2.24, 2.45) is 5.92 Å². The summed E-state index contributed by atoms with van der Waals surface area (Å²) in [7, 11) is 1.72. The highest BCUT2D eigenvalue weighted by atomic mass is 79.9. The van der Waals surface area contributed by atoms with Crippen LogP contribution < -0.4 is 0 Å². The molecule has 1 fully saturated rings. The van der Waals surface area contributed by atoms with E-state index < -0.39 is 0 Å². The van der Waals surface area contributed by atoms with Crippen LogP contribution in [-0.4, -0.2) is 36.5 Å². The molecule has 2 heterocycles. The van der Waals surface area contributed by atoms with Crippen molar-refractivity contribution in [3.05, 3.63) is 46.5 Å². The summed E-state index contributed by atoms with van der Waals surface area (Å²) in [5.41, 5.74) is 1.19. The molecule has 0 radical (unpaired) electrons. The van der Waals surface area contributed by atoms with Crippen LogP contribution in [0.5, 0.6) is 0 Å². The van der Waals surface area contributed by atoms with Crippen molar-refractivity contribution in [2.45, 2.75) is 31.5 Å². The number of ketones is 1. The summed E-state index contributed by atoms with van der Waals surface area (Å²) in [5, 5.41) is 0. The zero-order chi connectivity index (χ0) is 15.0. The van der Waals surface area contributed by atoms with Crippen LogP contribution in [0.2, 0.25) is 0 Å². The third-order valence-electron chi connectivity index (χ3n) is 4.71. The van der Waals surface area contributed by atoms with Crippen LogP contribution in [0.4, 0.5) is 0 Å². The molecule has 112 valence electrons. The van der Waals surface area contributed by atoms with E-state index in [-0.39, 0.29) is 24.1 Å². The lowest BCUT2D eigenvalue weighted by Crippen LogP contribution is -2.57. The zero-order valence-corrected chi connectivity index (χ0v) is 13.9. The lowest BCUT2D eigenvalue weighted by atomic mass is 9.79. The standard InChI is InChI=1S/C17H20BrNO2/c1-11-15(20)10-14(12-6-3-4-7-13(12)18)19-9-5-8-16(21-2)17(11)19/h3-8,11,14,16-17H,9-10H2,1-2H3/t11-,14+,16-,17-/m1/s1. The summed E-state index contributed by atoms with van der Waals surface area (Å²) in [6.45, 7) is 2.90. The number of carbonyl (C=O) groups excluding carboxylic acids is 1. The Morgan fingerprint density at radius 1 is 1.33 bits per heavy atom. The van der Waals surface area contributed by atoms with Crippen LogP contribution in [-0.2, 0) is 9.53 Å². The van der Waals surface area contributed by atoms with Crippen LogP contribution in [0, 0.1) is 5.92 Å². The Morgan fingerprint density at radius 3 is 2.81 bits per heavy atom. The SMILES string of the molecule is CO[C@@H]1C=CCN2[C@@H]1[C@H](C)C(=O)C[C@H]2c1ccccc1Br. The third kappa shape index (κ3) is 2.60. The van der Waals surface area contributed by atoms with Crippen molar-refractivity contribution in [1.29, 1.82) is 0 Å². The van der Waals surface area contributed by atoms with Gasteiger partial charge in [0.1, 0.15) is 5.78 Å². The fraction of sp³-hybridized carbons (Fsp3) is 0.471. The van der Waals surface area contributed by atoms with Crippen molar-refractivity contribution >= 4 is 21.7 Å². The highest BCUT2D eigenvalue weighted by molar-refractivity contribution is 9.10. The molecule has 0 N–H and O–H groups in total. The molecule has 1 aromatic rings. The van der Waals surface area contributed by atoms with E-state index >= 15 is 0 Å². The number of rotatable bonds is 2. The van der Waals surface area contributed by atoms with Gasteiger partial charge in [0.15, 0.2) is 0 Å². The summed E-state index contributed by atoms with van der Waals surface area (Å²) < 4.78 is 6.67. The van der Waals surface area contributed by atoms with Gasteiger partial charge in [-0.1, -0.05) is 53.2 Å². The molecule has 0 spiro atoms. The normalized spacial score (nSPS) is 33.0. The average Bonchev–Trinajstić information content (AvgIpc) is 2.51. The second-order valence-electron chi connectivity index (χ2n) is 5.81. The number of halogens is 1. The number of ether oxygens (including phenoxy) is 1. The van der Waals surface area contributed by atoms with Crippen molar-refractivity contribution in [3.8, 4) is 0 Å². The van der Waals surface area contributed by atoms with Gasteiger partial charge < -0.3 is 4.74 Å². The van der Waals surface area contributed by atoms with E-state index in [1.165, 1.54) is 5.56 Å². The van der Waals surface area contributed by atoms with E-state index in [0.717, 1.165) is 11.0 Å². The molecule has 4 heteroatoms. The van der Waals surface area contributed by atoms with Gasteiger partial charge in [0.2, 0.25) is 0 Å². The summed E-state index contributed by atoms with van der Waals surface area (Å²) >= 11 is 3.63. The number of methoxy groups -OCH3 is 1. The van der Waals surface area contributed by atoms with Crippen molar-refractivity contribution < 1.29 is 9.53 Å². The predicted molar refractivity (Wildman–Crippen MR) is 86.1 cm³/mol. The molecule has 2 aliphatic heterocycles. The number of nitrogens with zero attached hydrogens (tertiary/aromatic N) is 1. The van der Waals surface area contributed by atoms with Gasteiger partial charge in [0.25, 0.3) is 0 Å². The van der Waals surface area contributed by atoms with E-state index in [0.29, 0.717) is 12.2 Å². The monoisotopic (exact) mass is 349 g/mol. The highest BCUT2D eigenvalue weighted by Crippen LogP contribution is 2.40. The number of hydrogen-bond donors (Lipinski definition) is 0. The number of benzene rings is 1. The number of hydrogen-bond acceptors (Lipinski definition) is 3. The number of fused-ring (bicyclic) bond motifs is 1. The smallest absolute Gasteiger partial charge is 0.139 e. The minimum atomic E-state index is -0.0111. The Morgan fingerprint density at radius 2 is 2.10 bits per heavy atom. The molecule has 21 heavy (non-hydrogen) atoms. The van der Waals surface area contributed by atoms with Gasteiger partial charge in [-0.05, 0) is 11.6 Å². The van der Waals surface area contributed by atoms with Crippen LogP contribution in [0.1, 0.15) is 24.9 Å². The van der Waals surface area contributed by atoms with Gasteiger partial charge in [-0.2, -0.15) is 0 Å². The van der Waals surface area contributed by atoms with Gasteiger partial charge in [-0.25, -0.2) is 0 Å². The zero-order valence-electron chi connectivity index (χ0n) is 12.3. The second kappa shape index (κ2) is 6.03. The molecule has 1 saturated heterocycles. The minimum Gasteiger partial charge on any atom is -0.376 e. The molecular weight excluding hydrogens is 330 g/mol. The van der Waals surface area contributed by atoms with Crippen LogP contribution in [0.3, 0.4) is 0 Å². The first-order valence-electron chi connectivity index (χ1n) is 7.36. The molecule has 4 atom stereocenters. The van der Waals surface area contributed by atoms with Gasteiger partial charge in [-0.3, -0.25) is 9.69 Å². The van der Waals surface area contributed by atoms with Gasteiger partial charge in [-0.15, -0.1) is 0 Å². The molecule has 2 aliphatic rings. The number of carbonyl (C=O) groups is 1. The number of Topliss-reactive ketones (excluding diaryl/α,β-unsaturated/α-hetero) is 1. The molecule has 0 aromatic heterocycles. The molecular formula is C17H20BrNO2. The first-order valence-corrected chi connectivity index (χ1v) is 8.15. The quantitative estimate of drug-likeness (QED) is 0.766. The molecule has 1 aromatic carbocycles. The fourth-order valence-corrected chi connectivity index (χ4v) is 4.13. The van der Waals surface area contributed by atoms with Crippen LogP contribution in [0.25, 0.3) is 0 Å². The summed E-state index contributed by atoms with van der Waals surface area (Å²) in [5.74, 6) is 0.341. The molecule has 3 nitrogen and oxygen atoms in total. The first kappa shape index (κ1) is 14.9. The van der Waals surface area contributed by atoms with E-state index in [4.69, 9.17) is 4.74 Å². The lowest BCUT2D eigenvalue weighted by Gasteiger charge is -2.48. The maximum Gasteiger partial charge on any atom is 0.139 e. The minimum absolute atomic E-state index is 0.0111. The summed E-state index contributed by atoms with van der Waals surface area (Å²) in [6, 6.07) is 8.43. The third-order valence-corrected chi connectivity index (χ3v) is 5.44. The maximum atomic E-state index is 12.5. The second-order valence-corrected chi connectivity index (χ2v) is 6.67. The van der Waals surface area contributed by atoms with E-state index in [9.17, 15) is 4.79 Å². The molecule has 0 unspecified atom stereocenters. The molecule has 0 aliphatic carbocycles.